The number of carbonyl (C=O) groups is 1. The van der Waals surface area contributed by atoms with Crippen molar-refractivity contribution < 1.29 is 4.79 Å². The Kier molecular flexibility index (Phi) is 5.67. The van der Waals surface area contributed by atoms with Crippen LogP contribution in [0.5, 0.6) is 0 Å². The average Bonchev–Trinajstić information content (AvgIpc) is 2.24. The van der Waals surface area contributed by atoms with Gasteiger partial charge in [-0.2, -0.15) is 11.8 Å². The molecule has 1 rings (SSSR count). The molecule has 0 unspecified atom stereocenters. The zero-order valence-electron chi connectivity index (χ0n) is 10.8. The molecule has 0 heterocycles. The fraction of sp³-hybridized carbons (Fsp3) is 0.923. The Balaban J connectivity index is 2.10. The SMILES string of the molecule is CC(C)(C)SCCNC(=O)C1CCCCC1. The van der Waals surface area contributed by atoms with Gasteiger partial charge in [0, 0.05) is 23.0 Å². The van der Waals surface area contributed by atoms with Crippen molar-refractivity contribution >= 4 is 17.7 Å². The first-order valence-electron chi connectivity index (χ1n) is 6.41. The monoisotopic (exact) mass is 243 g/mol. The zero-order chi connectivity index (χ0) is 12.0. The second kappa shape index (κ2) is 6.53. The molecule has 1 amide bonds. The summed E-state index contributed by atoms with van der Waals surface area (Å²) in [6, 6.07) is 0. The molecule has 0 radical (unpaired) electrons. The first-order valence-corrected chi connectivity index (χ1v) is 7.39. The quantitative estimate of drug-likeness (QED) is 0.768. The topological polar surface area (TPSA) is 29.1 Å². The number of amides is 1. The van der Waals surface area contributed by atoms with Gasteiger partial charge < -0.3 is 5.32 Å². The second-order valence-corrected chi connectivity index (χ2v) is 7.51. The summed E-state index contributed by atoms with van der Waals surface area (Å²) in [6.45, 7) is 7.44. The summed E-state index contributed by atoms with van der Waals surface area (Å²) in [5.74, 6) is 1.60. The van der Waals surface area contributed by atoms with E-state index in [0.29, 0.717) is 10.7 Å². The average molecular weight is 243 g/mol. The van der Waals surface area contributed by atoms with E-state index in [1.807, 2.05) is 11.8 Å². The molecule has 1 saturated carbocycles. The minimum Gasteiger partial charge on any atom is -0.355 e. The summed E-state index contributed by atoms with van der Waals surface area (Å²) < 4.78 is 0.301. The predicted octanol–water partition coefficient (Wildman–Crippen LogP) is 3.21. The van der Waals surface area contributed by atoms with Crippen LogP contribution < -0.4 is 5.32 Å². The molecule has 1 aliphatic rings. The summed E-state index contributed by atoms with van der Waals surface area (Å²) in [5.41, 5.74) is 0. The van der Waals surface area contributed by atoms with Gasteiger partial charge in [-0.15, -0.1) is 0 Å². The van der Waals surface area contributed by atoms with Crippen molar-refractivity contribution in [1.29, 1.82) is 0 Å². The Labute approximate surface area is 104 Å². The summed E-state index contributed by atoms with van der Waals surface area (Å²) in [6.07, 6.45) is 5.96. The van der Waals surface area contributed by atoms with Crippen molar-refractivity contribution in [3.8, 4) is 0 Å². The third-order valence-electron chi connectivity index (χ3n) is 2.91. The van der Waals surface area contributed by atoms with Crippen LogP contribution in [-0.4, -0.2) is 23.0 Å². The normalized spacial score (nSPS) is 18.4. The number of carbonyl (C=O) groups excluding carboxylic acids is 1. The predicted molar refractivity (Wildman–Crippen MR) is 71.8 cm³/mol. The van der Waals surface area contributed by atoms with Crippen molar-refractivity contribution in [3.63, 3.8) is 0 Å². The van der Waals surface area contributed by atoms with Crippen molar-refractivity contribution in [2.45, 2.75) is 57.6 Å². The largest absolute Gasteiger partial charge is 0.355 e. The smallest absolute Gasteiger partial charge is 0.223 e. The molecule has 16 heavy (non-hydrogen) atoms. The van der Waals surface area contributed by atoms with Crippen LogP contribution in [-0.2, 0) is 4.79 Å². The van der Waals surface area contributed by atoms with Gasteiger partial charge in [0.1, 0.15) is 0 Å². The standard InChI is InChI=1S/C13H25NOS/c1-13(2,3)16-10-9-14-12(15)11-7-5-4-6-8-11/h11H,4-10H2,1-3H3,(H,14,15). The maximum absolute atomic E-state index is 11.8. The van der Waals surface area contributed by atoms with Crippen LogP contribution in [0.1, 0.15) is 52.9 Å². The van der Waals surface area contributed by atoms with Gasteiger partial charge in [0.15, 0.2) is 0 Å². The van der Waals surface area contributed by atoms with Crippen LogP contribution in [0.25, 0.3) is 0 Å². The number of thioether (sulfide) groups is 1. The molecular formula is C13H25NOS. The van der Waals surface area contributed by atoms with E-state index in [9.17, 15) is 4.79 Å². The van der Waals surface area contributed by atoms with E-state index in [1.54, 1.807) is 0 Å². The lowest BCUT2D eigenvalue weighted by atomic mass is 9.89. The van der Waals surface area contributed by atoms with Gasteiger partial charge in [-0.1, -0.05) is 40.0 Å². The van der Waals surface area contributed by atoms with Gasteiger partial charge in [0.2, 0.25) is 5.91 Å². The number of nitrogens with one attached hydrogen (secondary N) is 1. The highest BCUT2D eigenvalue weighted by Gasteiger charge is 2.20. The Bertz CT molecular complexity index is 216. The van der Waals surface area contributed by atoms with E-state index >= 15 is 0 Å². The van der Waals surface area contributed by atoms with Crippen LogP contribution in [0.4, 0.5) is 0 Å². The maximum Gasteiger partial charge on any atom is 0.223 e. The Morgan fingerprint density at radius 1 is 1.25 bits per heavy atom. The van der Waals surface area contributed by atoms with E-state index < -0.39 is 0 Å². The van der Waals surface area contributed by atoms with Gasteiger partial charge in [0.05, 0.1) is 0 Å². The molecule has 0 spiro atoms. The number of hydrogen-bond acceptors (Lipinski definition) is 2. The number of rotatable bonds is 4. The summed E-state index contributed by atoms with van der Waals surface area (Å²) in [4.78, 5) is 11.8. The second-order valence-electron chi connectivity index (χ2n) is 5.59. The van der Waals surface area contributed by atoms with Gasteiger partial charge in [-0.25, -0.2) is 0 Å². The molecule has 0 atom stereocenters. The molecular weight excluding hydrogens is 218 g/mol. The molecule has 0 saturated heterocycles. The fourth-order valence-corrected chi connectivity index (χ4v) is 2.86. The van der Waals surface area contributed by atoms with Gasteiger partial charge >= 0.3 is 0 Å². The van der Waals surface area contributed by atoms with E-state index in [4.69, 9.17) is 0 Å². The lowest BCUT2D eigenvalue weighted by Crippen LogP contribution is -2.33. The molecule has 0 bridgehead atoms. The number of hydrogen-bond donors (Lipinski definition) is 1. The lowest BCUT2D eigenvalue weighted by Gasteiger charge is -2.21. The Morgan fingerprint density at radius 2 is 1.88 bits per heavy atom. The Morgan fingerprint density at radius 3 is 2.44 bits per heavy atom. The minimum atomic E-state index is 0.286. The first kappa shape index (κ1) is 13.9. The highest BCUT2D eigenvalue weighted by molar-refractivity contribution is 8.00. The van der Waals surface area contributed by atoms with E-state index in [2.05, 4.69) is 26.1 Å². The molecule has 1 N–H and O–H groups in total. The molecule has 0 aromatic rings. The fourth-order valence-electron chi connectivity index (χ4n) is 2.04. The first-order chi connectivity index (χ1) is 7.49. The van der Waals surface area contributed by atoms with Crippen molar-refractivity contribution in [3.05, 3.63) is 0 Å². The third kappa shape index (κ3) is 5.78. The molecule has 3 heteroatoms. The van der Waals surface area contributed by atoms with E-state index in [1.165, 1.54) is 19.3 Å². The summed E-state index contributed by atoms with van der Waals surface area (Å²) >= 11 is 1.91. The van der Waals surface area contributed by atoms with Gasteiger partial charge in [-0.3, -0.25) is 4.79 Å². The van der Waals surface area contributed by atoms with Crippen molar-refractivity contribution in [1.82, 2.24) is 5.32 Å². The summed E-state index contributed by atoms with van der Waals surface area (Å²) in [5, 5.41) is 3.07. The molecule has 0 aromatic carbocycles. The highest BCUT2D eigenvalue weighted by Crippen LogP contribution is 2.24. The Hall–Kier alpha value is -0.180. The van der Waals surface area contributed by atoms with Crippen LogP contribution in [0.2, 0.25) is 0 Å². The lowest BCUT2D eigenvalue weighted by molar-refractivity contribution is -0.125. The zero-order valence-corrected chi connectivity index (χ0v) is 11.7. The third-order valence-corrected chi connectivity index (χ3v) is 4.19. The van der Waals surface area contributed by atoms with Crippen molar-refractivity contribution in [2.24, 2.45) is 5.92 Å². The molecule has 1 fully saturated rings. The van der Waals surface area contributed by atoms with E-state index in [0.717, 1.165) is 25.1 Å². The van der Waals surface area contributed by atoms with Crippen LogP contribution in [0.3, 0.4) is 0 Å². The van der Waals surface area contributed by atoms with Crippen LogP contribution in [0.15, 0.2) is 0 Å². The molecule has 0 aliphatic heterocycles. The van der Waals surface area contributed by atoms with E-state index in [-0.39, 0.29) is 5.91 Å². The molecule has 2 nitrogen and oxygen atoms in total. The van der Waals surface area contributed by atoms with Crippen molar-refractivity contribution in [2.75, 3.05) is 12.3 Å². The molecule has 0 aromatic heterocycles. The van der Waals surface area contributed by atoms with Crippen LogP contribution in [0, 0.1) is 5.92 Å². The maximum atomic E-state index is 11.8. The highest BCUT2D eigenvalue weighted by atomic mass is 32.2. The summed E-state index contributed by atoms with van der Waals surface area (Å²) in [7, 11) is 0. The molecule has 94 valence electrons. The molecule has 1 aliphatic carbocycles. The minimum absolute atomic E-state index is 0.286. The van der Waals surface area contributed by atoms with Crippen LogP contribution >= 0.6 is 11.8 Å². The van der Waals surface area contributed by atoms with Gasteiger partial charge in [0.25, 0.3) is 0 Å². The van der Waals surface area contributed by atoms with Gasteiger partial charge in [-0.05, 0) is 12.8 Å².